The maximum atomic E-state index is 13.9. The van der Waals surface area contributed by atoms with E-state index in [2.05, 4.69) is 0 Å². The second-order valence-electron chi connectivity index (χ2n) is 7.36. The van der Waals surface area contributed by atoms with Crippen molar-refractivity contribution >= 4 is 5.91 Å². The summed E-state index contributed by atoms with van der Waals surface area (Å²) < 4.78 is 27.3. The number of likely N-dealkylation sites (tertiary alicyclic amines) is 1. The van der Waals surface area contributed by atoms with Gasteiger partial charge in [-0.05, 0) is 55.1 Å². The van der Waals surface area contributed by atoms with E-state index in [9.17, 15) is 23.8 Å². The van der Waals surface area contributed by atoms with Crippen molar-refractivity contribution in [3.63, 3.8) is 0 Å². The number of hydrogen-bond donors (Lipinski definition) is 2. The first-order chi connectivity index (χ1) is 12.0. The zero-order valence-corrected chi connectivity index (χ0v) is 14.3. The summed E-state index contributed by atoms with van der Waals surface area (Å²) in [6.07, 6.45) is 3.34. The lowest BCUT2D eigenvalue weighted by atomic mass is 9.73. The average molecular weight is 353 g/mol. The fraction of sp³-hybridized carbons (Fsp3) is 0.632. The molecule has 0 unspecified atom stereocenters. The van der Waals surface area contributed by atoms with Crippen molar-refractivity contribution < 1.29 is 23.8 Å². The lowest BCUT2D eigenvalue weighted by molar-refractivity contribution is -0.135. The summed E-state index contributed by atoms with van der Waals surface area (Å²) in [5, 5.41) is 18.5. The largest absolute Gasteiger partial charge is 0.396 e. The molecule has 2 N–H and O–H groups in total. The standard InChI is InChI=1S/C19H25F2NO3/c20-16-3-1-2-13(17(16)21)14-12-15(14)18(25)22-8-4-19(5-9-22,6-10-23)7-11-24/h1-3,14-15,23-24H,4-12H2/t14-,15+/m0/s1. The van der Waals surface area contributed by atoms with Crippen molar-refractivity contribution in [2.24, 2.45) is 11.3 Å². The number of piperidine rings is 1. The summed E-state index contributed by atoms with van der Waals surface area (Å²) in [6.45, 7) is 1.34. The molecule has 3 rings (SSSR count). The van der Waals surface area contributed by atoms with Crippen molar-refractivity contribution in [1.82, 2.24) is 4.90 Å². The van der Waals surface area contributed by atoms with Crippen LogP contribution in [0.5, 0.6) is 0 Å². The highest BCUT2D eigenvalue weighted by Gasteiger charge is 2.48. The van der Waals surface area contributed by atoms with E-state index in [4.69, 9.17) is 0 Å². The van der Waals surface area contributed by atoms with Crippen LogP contribution in [0.4, 0.5) is 8.78 Å². The number of benzene rings is 1. The highest BCUT2D eigenvalue weighted by Crippen LogP contribution is 2.50. The van der Waals surface area contributed by atoms with E-state index in [0.29, 0.717) is 37.9 Å². The predicted molar refractivity (Wildman–Crippen MR) is 88.9 cm³/mol. The van der Waals surface area contributed by atoms with Gasteiger partial charge in [0.05, 0.1) is 0 Å². The van der Waals surface area contributed by atoms with Crippen LogP contribution in [0, 0.1) is 23.0 Å². The van der Waals surface area contributed by atoms with Crippen molar-refractivity contribution in [3.8, 4) is 0 Å². The molecule has 138 valence electrons. The molecular weight excluding hydrogens is 328 g/mol. The molecule has 2 atom stereocenters. The Bertz CT molecular complexity index is 621. The van der Waals surface area contributed by atoms with Crippen LogP contribution in [-0.4, -0.2) is 47.3 Å². The number of aliphatic hydroxyl groups is 2. The van der Waals surface area contributed by atoms with Crippen LogP contribution in [0.15, 0.2) is 18.2 Å². The maximum absolute atomic E-state index is 13.9. The van der Waals surface area contributed by atoms with Crippen molar-refractivity contribution in [2.75, 3.05) is 26.3 Å². The van der Waals surface area contributed by atoms with E-state index in [1.807, 2.05) is 0 Å². The second kappa shape index (κ2) is 7.38. The van der Waals surface area contributed by atoms with Gasteiger partial charge in [-0.15, -0.1) is 0 Å². The summed E-state index contributed by atoms with van der Waals surface area (Å²) in [5.41, 5.74) is 0.197. The van der Waals surface area contributed by atoms with E-state index in [1.165, 1.54) is 6.07 Å². The van der Waals surface area contributed by atoms with Gasteiger partial charge in [-0.1, -0.05) is 12.1 Å². The number of aliphatic hydroxyl groups excluding tert-OH is 2. The third-order valence-corrected chi connectivity index (χ3v) is 5.91. The van der Waals surface area contributed by atoms with Crippen LogP contribution in [0.2, 0.25) is 0 Å². The summed E-state index contributed by atoms with van der Waals surface area (Å²) in [6, 6.07) is 4.12. The number of hydrogen-bond acceptors (Lipinski definition) is 3. The average Bonchev–Trinajstić information content (AvgIpc) is 3.38. The minimum atomic E-state index is -0.869. The number of carbonyl (C=O) groups is 1. The predicted octanol–water partition coefficient (Wildman–Crippen LogP) is 2.44. The Morgan fingerprint density at radius 3 is 2.40 bits per heavy atom. The molecule has 1 saturated carbocycles. The van der Waals surface area contributed by atoms with E-state index >= 15 is 0 Å². The topological polar surface area (TPSA) is 60.8 Å². The fourth-order valence-corrected chi connectivity index (χ4v) is 4.15. The quantitative estimate of drug-likeness (QED) is 0.826. The first-order valence-electron chi connectivity index (χ1n) is 8.96. The van der Waals surface area contributed by atoms with Crippen LogP contribution in [0.25, 0.3) is 0 Å². The zero-order chi connectivity index (χ0) is 18.0. The number of amides is 1. The molecule has 1 aliphatic carbocycles. The van der Waals surface area contributed by atoms with Crippen LogP contribution in [0.1, 0.15) is 43.6 Å². The third-order valence-electron chi connectivity index (χ3n) is 5.91. The van der Waals surface area contributed by atoms with Gasteiger partial charge < -0.3 is 15.1 Å². The number of halogens is 2. The minimum Gasteiger partial charge on any atom is -0.396 e. The summed E-state index contributed by atoms with van der Waals surface area (Å²) in [4.78, 5) is 14.5. The summed E-state index contributed by atoms with van der Waals surface area (Å²) >= 11 is 0. The lowest BCUT2D eigenvalue weighted by Crippen LogP contribution is -2.44. The van der Waals surface area contributed by atoms with Crippen molar-refractivity contribution in [1.29, 1.82) is 0 Å². The Balaban J connectivity index is 1.60. The molecule has 1 aliphatic heterocycles. The molecule has 0 spiro atoms. The highest BCUT2D eigenvalue weighted by molar-refractivity contribution is 5.83. The van der Waals surface area contributed by atoms with E-state index in [-0.39, 0.29) is 36.4 Å². The van der Waals surface area contributed by atoms with Crippen molar-refractivity contribution in [2.45, 2.75) is 38.0 Å². The molecule has 1 aromatic rings. The molecule has 1 aromatic carbocycles. The Morgan fingerprint density at radius 2 is 1.80 bits per heavy atom. The molecule has 6 heteroatoms. The molecule has 0 radical (unpaired) electrons. The second-order valence-corrected chi connectivity index (χ2v) is 7.36. The smallest absolute Gasteiger partial charge is 0.226 e. The van der Waals surface area contributed by atoms with Gasteiger partial charge in [0.15, 0.2) is 11.6 Å². The van der Waals surface area contributed by atoms with Gasteiger partial charge in [0.1, 0.15) is 0 Å². The van der Waals surface area contributed by atoms with Crippen LogP contribution in [-0.2, 0) is 4.79 Å². The zero-order valence-electron chi connectivity index (χ0n) is 14.3. The van der Waals surface area contributed by atoms with E-state index in [0.717, 1.165) is 18.9 Å². The fourth-order valence-electron chi connectivity index (χ4n) is 4.15. The molecule has 1 heterocycles. The van der Waals surface area contributed by atoms with Crippen molar-refractivity contribution in [3.05, 3.63) is 35.4 Å². The van der Waals surface area contributed by atoms with Crippen LogP contribution >= 0.6 is 0 Å². The minimum absolute atomic E-state index is 0.00950. The monoisotopic (exact) mass is 353 g/mol. The SMILES string of the molecule is O=C([C@@H]1C[C@H]1c1cccc(F)c1F)N1CCC(CCO)(CCO)CC1. The Kier molecular flexibility index (Phi) is 5.39. The molecule has 25 heavy (non-hydrogen) atoms. The van der Waals surface area contributed by atoms with Gasteiger partial charge in [0.2, 0.25) is 5.91 Å². The molecule has 4 nitrogen and oxygen atoms in total. The van der Waals surface area contributed by atoms with Crippen LogP contribution in [0.3, 0.4) is 0 Å². The third kappa shape index (κ3) is 3.70. The van der Waals surface area contributed by atoms with E-state index in [1.54, 1.807) is 11.0 Å². The summed E-state index contributed by atoms with van der Waals surface area (Å²) in [7, 11) is 0. The number of carbonyl (C=O) groups excluding carboxylic acids is 1. The number of nitrogens with zero attached hydrogens (tertiary/aromatic N) is 1. The molecular formula is C19H25F2NO3. The first kappa shape index (κ1) is 18.3. The van der Waals surface area contributed by atoms with E-state index < -0.39 is 11.6 Å². The van der Waals surface area contributed by atoms with Gasteiger partial charge >= 0.3 is 0 Å². The Hall–Kier alpha value is -1.53. The van der Waals surface area contributed by atoms with Gasteiger partial charge in [-0.25, -0.2) is 8.78 Å². The van der Waals surface area contributed by atoms with Gasteiger partial charge in [-0.3, -0.25) is 4.79 Å². The maximum Gasteiger partial charge on any atom is 0.226 e. The van der Waals surface area contributed by atoms with Crippen LogP contribution < -0.4 is 0 Å². The molecule has 2 fully saturated rings. The molecule has 1 amide bonds. The lowest BCUT2D eigenvalue weighted by Gasteiger charge is -2.41. The molecule has 0 aromatic heterocycles. The molecule has 0 bridgehead atoms. The van der Waals surface area contributed by atoms with Gasteiger partial charge in [0, 0.05) is 32.2 Å². The highest BCUT2D eigenvalue weighted by atomic mass is 19.2. The first-order valence-corrected chi connectivity index (χ1v) is 8.96. The Morgan fingerprint density at radius 1 is 1.16 bits per heavy atom. The molecule has 1 saturated heterocycles. The van der Waals surface area contributed by atoms with Gasteiger partial charge in [-0.2, -0.15) is 0 Å². The number of rotatable bonds is 6. The normalized spacial score (nSPS) is 25.0. The summed E-state index contributed by atoms with van der Waals surface area (Å²) in [5.74, 6) is -2.20. The molecule has 2 aliphatic rings. The van der Waals surface area contributed by atoms with Gasteiger partial charge in [0.25, 0.3) is 0 Å². The Labute approximate surface area is 146 Å².